The summed E-state index contributed by atoms with van der Waals surface area (Å²) < 4.78 is 10.8. The molecule has 0 aliphatic heterocycles. The third kappa shape index (κ3) is 5.43. The van der Waals surface area contributed by atoms with Crippen molar-refractivity contribution in [2.75, 3.05) is 11.4 Å². The highest BCUT2D eigenvalue weighted by atomic mass is 16.3. The summed E-state index contributed by atoms with van der Waals surface area (Å²) in [5.41, 5.74) is 0.551. The summed E-state index contributed by atoms with van der Waals surface area (Å²) in [6, 6.07) is 18.7. The van der Waals surface area contributed by atoms with Gasteiger partial charge in [0.05, 0.1) is 24.8 Å². The molecule has 2 heterocycles. The van der Waals surface area contributed by atoms with Gasteiger partial charge in [-0.25, -0.2) is 0 Å². The molecule has 1 fully saturated rings. The zero-order valence-electron chi connectivity index (χ0n) is 20.4. The Morgan fingerprint density at radius 1 is 0.865 bits per heavy atom. The quantitative estimate of drug-likeness (QED) is 0.356. The van der Waals surface area contributed by atoms with Gasteiger partial charge in [-0.3, -0.25) is 19.3 Å². The number of anilines is 1. The first-order valence-electron chi connectivity index (χ1n) is 12.6. The van der Waals surface area contributed by atoms with Crippen molar-refractivity contribution in [3.8, 4) is 0 Å². The van der Waals surface area contributed by atoms with E-state index in [0.29, 0.717) is 11.4 Å². The number of benzene rings is 2. The van der Waals surface area contributed by atoms with Crippen LogP contribution in [0.15, 0.2) is 88.1 Å². The summed E-state index contributed by atoms with van der Waals surface area (Å²) in [7, 11) is 0. The summed E-state index contributed by atoms with van der Waals surface area (Å²) in [6.07, 6.45) is 7.95. The predicted molar refractivity (Wildman–Crippen MR) is 139 cm³/mol. The standard InChI is InChI=1S/C29H29N3O5/c33-26(19-30-28(34)25-16-8-18-37-25)32(23-14-6-10-20-9-4-5-13-22(20)23)27(24-15-7-17-36-24)29(35)31-21-11-2-1-3-12-21/h4-10,13-18,21,27H,1-3,11-12,19H2,(H,30,34)(H,31,35). The van der Waals surface area contributed by atoms with Gasteiger partial charge in [-0.15, -0.1) is 0 Å². The zero-order valence-corrected chi connectivity index (χ0v) is 20.4. The van der Waals surface area contributed by atoms with E-state index in [0.717, 1.165) is 42.9 Å². The lowest BCUT2D eigenvalue weighted by Gasteiger charge is -2.32. The number of carbonyl (C=O) groups is 3. The van der Waals surface area contributed by atoms with E-state index in [2.05, 4.69) is 10.6 Å². The van der Waals surface area contributed by atoms with Gasteiger partial charge in [0.25, 0.3) is 11.8 Å². The first kappa shape index (κ1) is 24.4. The zero-order chi connectivity index (χ0) is 25.6. The second kappa shape index (κ2) is 11.2. The van der Waals surface area contributed by atoms with Crippen molar-refractivity contribution >= 4 is 34.2 Å². The molecule has 1 saturated carbocycles. The van der Waals surface area contributed by atoms with Crippen molar-refractivity contribution in [2.45, 2.75) is 44.2 Å². The van der Waals surface area contributed by atoms with E-state index < -0.39 is 17.9 Å². The molecule has 190 valence electrons. The molecule has 37 heavy (non-hydrogen) atoms. The third-order valence-electron chi connectivity index (χ3n) is 6.71. The molecule has 2 aromatic carbocycles. The number of carbonyl (C=O) groups excluding carboxylic acids is 3. The van der Waals surface area contributed by atoms with Gasteiger partial charge in [0.15, 0.2) is 11.8 Å². The average Bonchev–Trinajstić information content (AvgIpc) is 3.66. The molecule has 5 rings (SSSR count). The fourth-order valence-corrected chi connectivity index (χ4v) is 4.92. The Kier molecular flexibility index (Phi) is 7.35. The molecule has 3 amide bonds. The normalized spacial score (nSPS) is 14.7. The van der Waals surface area contributed by atoms with Crippen molar-refractivity contribution in [3.63, 3.8) is 0 Å². The second-order valence-corrected chi connectivity index (χ2v) is 9.18. The molecule has 2 N–H and O–H groups in total. The Morgan fingerprint density at radius 2 is 1.62 bits per heavy atom. The van der Waals surface area contributed by atoms with E-state index in [1.165, 1.54) is 23.5 Å². The molecule has 8 heteroatoms. The molecule has 1 unspecified atom stereocenters. The van der Waals surface area contributed by atoms with Crippen LogP contribution in [0.5, 0.6) is 0 Å². The van der Waals surface area contributed by atoms with E-state index in [-0.39, 0.29) is 24.3 Å². The van der Waals surface area contributed by atoms with Crippen molar-refractivity contribution in [2.24, 2.45) is 0 Å². The molecule has 8 nitrogen and oxygen atoms in total. The highest BCUT2D eigenvalue weighted by molar-refractivity contribution is 6.09. The van der Waals surface area contributed by atoms with Crippen LogP contribution in [0, 0.1) is 0 Å². The van der Waals surface area contributed by atoms with E-state index in [1.807, 2.05) is 36.4 Å². The maximum absolute atomic E-state index is 13.9. The summed E-state index contributed by atoms with van der Waals surface area (Å²) in [5.74, 6) is -0.858. The Morgan fingerprint density at radius 3 is 2.38 bits per heavy atom. The van der Waals surface area contributed by atoms with Crippen LogP contribution < -0.4 is 15.5 Å². The molecule has 2 aromatic heterocycles. The van der Waals surface area contributed by atoms with Gasteiger partial charge in [-0.2, -0.15) is 0 Å². The molecule has 0 bridgehead atoms. The fourth-order valence-electron chi connectivity index (χ4n) is 4.92. The fraction of sp³-hybridized carbons (Fsp3) is 0.276. The lowest BCUT2D eigenvalue weighted by molar-refractivity contribution is -0.127. The van der Waals surface area contributed by atoms with Gasteiger partial charge in [-0.1, -0.05) is 55.7 Å². The SMILES string of the molecule is O=C(NCC(=O)N(c1cccc2ccccc12)C(C(=O)NC1CCCCC1)c1ccco1)c1ccco1. The van der Waals surface area contributed by atoms with Crippen molar-refractivity contribution in [1.29, 1.82) is 0 Å². The number of furan rings is 2. The predicted octanol–water partition coefficient (Wildman–Crippen LogP) is 4.98. The highest BCUT2D eigenvalue weighted by Gasteiger charge is 2.36. The molecule has 0 radical (unpaired) electrons. The summed E-state index contributed by atoms with van der Waals surface area (Å²) in [6.45, 7) is -0.337. The second-order valence-electron chi connectivity index (χ2n) is 9.18. The highest BCUT2D eigenvalue weighted by Crippen LogP contribution is 2.34. The van der Waals surface area contributed by atoms with Crippen molar-refractivity contribution < 1.29 is 23.2 Å². The molecule has 4 aromatic rings. The van der Waals surface area contributed by atoms with Crippen LogP contribution >= 0.6 is 0 Å². The minimum Gasteiger partial charge on any atom is -0.467 e. The molecule has 1 aliphatic carbocycles. The van der Waals surface area contributed by atoms with Crippen LogP contribution in [0.25, 0.3) is 10.8 Å². The number of hydrogen-bond acceptors (Lipinski definition) is 5. The van der Waals surface area contributed by atoms with Crippen LogP contribution in [-0.2, 0) is 9.59 Å². The van der Waals surface area contributed by atoms with Gasteiger partial charge in [0, 0.05) is 11.4 Å². The van der Waals surface area contributed by atoms with Crippen molar-refractivity contribution in [3.05, 3.63) is 90.8 Å². The molecule has 1 aliphatic rings. The minimum absolute atomic E-state index is 0.0434. The largest absolute Gasteiger partial charge is 0.467 e. The smallest absolute Gasteiger partial charge is 0.287 e. The lowest BCUT2D eigenvalue weighted by Crippen LogP contribution is -2.49. The summed E-state index contributed by atoms with van der Waals surface area (Å²) >= 11 is 0. The van der Waals surface area contributed by atoms with Crippen LogP contribution in [-0.4, -0.2) is 30.3 Å². The molecule has 1 atom stereocenters. The topological polar surface area (TPSA) is 105 Å². The van der Waals surface area contributed by atoms with E-state index in [1.54, 1.807) is 24.3 Å². The number of fused-ring (bicyclic) bond motifs is 1. The van der Waals surface area contributed by atoms with Crippen LogP contribution in [0.2, 0.25) is 0 Å². The summed E-state index contributed by atoms with van der Waals surface area (Å²) in [4.78, 5) is 41.6. The van der Waals surface area contributed by atoms with E-state index in [4.69, 9.17) is 8.83 Å². The first-order chi connectivity index (χ1) is 18.1. The molecular weight excluding hydrogens is 470 g/mol. The van der Waals surface area contributed by atoms with E-state index in [9.17, 15) is 14.4 Å². The first-order valence-corrected chi connectivity index (χ1v) is 12.6. The molecule has 0 spiro atoms. The number of hydrogen-bond donors (Lipinski definition) is 2. The maximum atomic E-state index is 13.9. The maximum Gasteiger partial charge on any atom is 0.287 e. The Labute approximate surface area is 214 Å². The van der Waals surface area contributed by atoms with Gasteiger partial charge in [-0.05, 0) is 48.6 Å². The monoisotopic (exact) mass is 499 g/mol. The Balaban J connectivity index is 1.52. The van der Waals surface area contributed by atoms with Gasteiger partial charge in [0.1, 0.15) is 5.76 Å². The van der Waals surface area contributed by atoms with Gasteiger partial charge >= 0.3 is 0 Å². The van der Waals surface area contributed by atoms with Gasteiger partial charge < -0.3 is 19.5 Å². The van der Waals surface area contributed by atoms with Crippen LogP contribution in [0.1, 0.15) is 54.5 Å². The number of nitrogens with one attached hydrogen (secondary N) is 2. The van der Waals surface area contributed by atoms with E-state index >= 15 is 0 Å². The summed E-state index contributed by atoms with van der Waals surface area (Å²) in [5, 5.41) is 7.49. The third-order valence-corrected chi connectivity index (χ3v) is 6.71. The van der Waals surface area contributed by atoms with Gasteiger partial charge in [0.2, 0.25) is 5.91 Å². The van der Waals surface area contributed by atoms with Crippen LogP contribution in [0.3, 0.4) is 0 Å². The molecular formula is C29H29N3O5. The number of amides is 3. The minimum atomic E-state index is -1.06. The lowest BCUT2D eigenvalue weighted by atomic mass is 9.95. The Hall–Kier alpha value is -4.33. The molecule has 0 saturated heterocycles. The van der Waals surface area contributed by atoms with Crippen LogP contribution in [0.4, 0.5) is 5.69 Å². The number of rotatable bonds is 8. The Bertz CT molecular complexity index is 1350. The number of nitrogens with zero attached hydrogens (tertiary/aromatic N) is 1. The average molecular weight is 500 g/mol. The van der Waals surface area contributed by atoms with Crippen molar-refractivity contribution in [1.82, 2.24) is 10.6 Å².